The molecule has 0 radical (unpaired) electrons. The van der Waals surface area contributed by atoms with Crippen LogP contribution in [0.3, 0.4) is 0 Å². The van der Waals surface area contributed by atoms with Crippen molar-refractivity contribution in [2.45, 2.75) is 6.04 Å². The van der Waals surface area contributed by atoms with E-state index >= 15 is 0 Å². The Labute approximate surface area is 110 Å². The molecule has 1 aromatic carbocycles. The second kappa shape index (κ2) is 5.07. The minimum absolute atomic E-state index is 0.0487. The van der Waals surface area contributed by atoms with E-state index in [9.17, 15) is 0 Å². The van der Waals surface area contributed by atoms with Gasteiger partial charge in [0.1, 0.15) is 6.33 Å². The first-order chi connectivity index (χ1) is 9.38. The summed E-state index contributed by atoms with van der Waals surface area (Å²) in [6, 6.07) is 6.11. The highest BCUT2D eigenvalue weighted by atomic mass is 14.9. The van der Waals surface area contributed by atoms with Gasteiger partial charge in [-0.2, -0.15) is 0 Å². The van der Waals surface area contributed by atoms with Crippen LogP contribution in [-0.4, -0.2) is 27.0 Å². The van der Waals surface area contributed by atoms with E-state index in [-0.39, 0.29) is 6.04 Å². The topological polar surface area (TPSA) is 63.6 Å². The number of nitrogens with zero attached hydrogens (tertiary/aromatic N) is 4. The van der Waals surface area contributed by atoms with E-state index in [1.165, 1.54) is 6.33 Å². The summed E-state index contributed by atoms with van der Waals surface area (Å²) in [5, 5.41) is 3.27. The lowest BCUT2D eigenvalue weighted by atomic mass is 10.0. The molecule has 0 amide bonds. The van der Waals surface area contributed by atoms with Crippen LogP contribution < -0.4 is 5.32 Å². The molecule has 0 aliphatic carbocycles. The molecule has 19 heavy (non-hydrogen) atoms. The quantitative estimate of drug-likeness (QED) is 0.768. The molecule has 3 rings (SSSR count). The van der Waals surface area contributed by atoms with Gasteiger partial charge >= 0.3 is 0 Å². The molecular weight excluding hydrogens is 238 g/mol. The van der Waals surface area contributed by atoms with Crippen molar-refractivity contribution in [2.24, 2.45) is 0 Å². The van der Waals surface area contributed by atoms with Crippen LogP contribution in [0.25, 0.3) is 11.0 Å². The number of rotatable bonds is 3. The highest BCUT2D eigenvalue weighted by molar-refractivity contribution is 5.74. The molecule has 94 valence electrons. The molecule has 2 heterocycles. The maximum atomic E-state index is 4.33. The largest absolute Gasteiger partial charge is 0.309 e. The molecule has 2 aromatic heterocycles. The fourth-order valence-electron chi connectivity index (χ4n) is 2.15. The molecule has 0 bridgehead atoms. The summed E-state index contributed by atoms with van der Waals surface area (Å²) in [4.78, 5) is 16.7. The summed E-state index contributed by atoms with van der Waals surface area (Å²) < 4.78 is 0. The van der Waals surface area contributed by atoms with Crippen molar-refractivity contribution in [1.82, 2.24) is 25.3 Å². The van der Waals surface area contributed by atoms with Crippen LogP contribution in [0.15, 0.2) is 49.3 Å². The second-order valence-electron chi connectivity index (χ2n) is 4.20. The molecule has 0 aliphatic heterocycles. The van der Waals surface area contributed by atoms with Gasteiger partial charge in [0.15, 0.2) is 0 Å². The fourth-order valence-corrected chi connectivity index (χ4v) is 2.15. The molecule has 3 aromatic rings. The molecule has 1 N–H and O–H groups in total. The van der Waals surface area contributed by atoms with Crippen molar-refractivity contribution in [3.05, 3.63) is 60.4 Å². The minimum Gasteiger partial charge on any atom is -0.309 e. The number of aromatic nitrogens is 4. The zero-order chi connectivity index (χ0) is 13.1. The third-order valence-electron chi connectivity index (χ3n) is 3.03. The number of fused-ring (bicyclic) bond motifs is 1. The average molecular weight is 251 g/mol. The smallest absolute Gasteiger partial charge is 0.115 e. The van der Waals surface area contributed by atoms with Crippen molar-refractivity contribution in [2.75, 3.05) is 7.05 Å². The monoisotopic (exact) mass is 251 g/mol. The highest BCUT2D eigenvalue weighted by Crippen LogP contribution is 2.22. The number of hydrogen-bond donors (Lipinski definition) is 1. The van der Waals surface area contributed by atoms with Crippen LogP contribution >= 0.6 is 0 Å². The zero-order valence-electron chi connectivity index (χ0n) is 10.5. The normalized spacial score (nSPS) is 12.5. The Hall–Kier alpha value is -2.40. The van der Waals surface area contributed by atoms with Crippen molar-refractivity contribution in [3.8, 4) is 0 Å². The van der Waals surface area contributed by atoms with Gasteiger partial charge in [-0.3, -0.25) is 9.97 Å². The molecule has 0 saturated carbocycles. The van der Waals surface area contributed by atoms with Gasteiger partial charge in [0.25, 0.3) is 0 Å². The predicted molar refractivity (Wildman–Crippen MR) is 72.5 cm³/mol. The van der Waals surface area contributed by atoms with E-state index in [1.807, 2.05) is 37.6 Å². The van der Waals surface area contributed by atoms with Gasteiger partial charge in [0.2, 0.25) is 0 Å². The number of hydrogen-bond acceptors (Lipinski definition) is 5. The third kappa shape index (κ3) is 2.28. The Kier molecular flexibility index (Phi) is 3.12. The maximum Gasteiger partial charge on any atom is 0.115 e. The molecule has 0 spiro atoms. The lowest BCUT2D eigenvalue weighted by molar-refractivity contribution is 0.685. The van der Waals surface area contributed by atoms with E-state index in [0.29, 0.717) is 0 Å². The van der Waals surface area contributed by atoms with Crippen molar-refractivity contribution < 1.29 is 0 Å². The molecule has 0 aliphatic rings. The van der Waals surface area contributed by atoms with Crippen molar-refractivity contribution in [1.29, 1.82) is 0 Å². The highest BCUT2D eigenvalue weighted by Gasteiger charge is 2.13. The molecule has 5 heteroatoms. The van der Waals surface area contributed by atoms with Crippen LogP contribution in [0.1, 0.15) is 17.2 Å². The van der Waals surface area contributed by atoms with Gasteiger partial charge in [0.05, 0.1) is 17.1 Å². The van der Waals surface area contributed by atoms with E-state index in [4.69, 9.17) is 0 Å². The zero-order valence-corrected chi connectivity index (χ0v) is 10.5. The van der Waals surface area contributed by atoms with Gasteiger partial charge in [-0.25, -0.2) is 9.97 Å². The summed E-state index contributed by atoms with van der Waals surface area (Å²) in [6.45, 7) is 0. The Bertz CT molecular complexity index is 683. The van der Waals surface area contributed by atoms with E-state index in [1.54, 1.807) is 12.4 Å². The van der Waals surface area contributed by atoms with Gasteiger partial charge in [-0.15, -0.1) is 0 Å². The van der Waals surface area contributed by atoms with Gasteiger partial charge < -0.3 is 5.32 Å². The molecule has 0 saturated heterocycles. The Morgan fingerprint density at radius 3 is 2.42 bits per heavy atom. The van der Waals surface area contributed by atoms with E-state index in [0.717, 1.165) is 22.2 Å². The van der Waals surface area contributed by atoms with Gasteiger partial charge in [0, 0.05) is 30.4 Å². The molecular formula is C14H13N5. The lowest BCUT2D eigenvalue weighted by Gasteiger charge is -2.16. The Balaban J connectivity index is 2.06. The van der Waals surface area contributed by atoms with Crippen LogP contribution in [0.2, 0.25) is 0 Å². The van der Waals surface area contributed by atoms with Crippen LogP contribution in [0.5, 0.6) is 0 Å². The SMILES string of the molecule is CNC(c1cncnc1)c1ccc2nccnc2c1. The van der Waals surface area contributed by atoms with E-state index < -0.39 is 0 Å². The first-order valence-corrected chi connectivity index (χ1v) is 6.01. The Morgan fingerprint density at radius 2 is 1.68 bits per heavy atom. The summed E-state index contributed by atoms with van der Waals surface area (Å²) in [5.74, 6) is 0. The predicted octanol–water partition coefficient (Wildman–Crippen LogP) is 1.73. The summed E-state index contributed by atoms with van der Waals surface area (Å²) >= 11 is 0. The van der Waals surface area contributed by atoms with Gasteiger partial charge in [-0.05, 0) is 24.7 Å². The molecule has 0 fully saturated rings. The summed E-state index contributed by atoms with van der Waals surface area (Å²) in [5.41, 5.74) is 3.92. The van der Waals surface area contributed by atoms with Crippen molar-refractivity contribution in [3.63, 3.8) is 0 Å². The van der Waals surface area contributed by atoms with Crippen LogP contribution in [-0.2, 0) is 0 Å². The van der Waals surface area contributed by atoms with Crippen LogP contribution in [0, 0.1) is 0 Å². The van der Waals surface area contributed by atoms with Crippen LogP contribution in [0.4, 0.5) is 0 Å². The first-order valence-electron chi connectivity index (χ1n) is 6.01. The van der Waals surface area contributed by atoms with Crippen molar-refractivity contribution >= 4 is 11.0 Å². The van der Waals surface area contributed by atoms with E-state index in [2.05, 4.69) is 25.3 Å². The minimum atomic E-state index is 0.0487. The summed E-state index contributed by atoms with van der Waals surface area (Å²) in [7, 11) is 1.92. The molecule has 1 atom stereocenters. The number of benzene rings is 1. The molecule has 5 nitrogen and oxygen atoms in total. The molecule has 1 unspecified atom stereocenters. The number of nitrogens with one attached hydrogen (secondary N) is 1. The Morgan fingerprint density at radius 1 is 0.947 bits per heavy atom. The third-order valence-corrected chi connectivity index (χ3v) is 3.03. The maximum absolute atomic E-state index is 4.33. The lowest BCUT2D eigenvalue weighted by Crippen LogP contribution is -2.18. The fraction of sp³-hybridized carbons (Fsp3) is 0.143. The first kappa shape index (κ1) is 11.7. The summed E-state index contributed by atoms with van der Waals surface area (Å²) in [6.07, 6.45) is 8.56. The van der Waals surface area contributed by atoms with Gasteiger partial charge in [-0.1, -0.05) is 6.07 Å². The second-order valence-corrected chi connectivity index (χ2v) is 4.20. The standard InChI is InChI=1S/C14H13N5/c1-15-14(11-7-16-9-17-8-11)10-2-3-12-13(6-10)19-5-4-18-12/h2-9,14-15H,1H3. The average Bonchev–Trinajstić information content (AvgIpc) is 2.49.